The predicted molar refractivity (Wildman–Crippen MR) is 120 cm³/mol. The number of aromatic nitrogens is 2. The molecule has 10 nitrogen and oxygen atoms in total. The Morgan fingerprint density at radius 2 is 1.82 bits per heavy atom. The normalized spacial score (nSPS) is 13.9. The van der Waals surface area contributed by atoms with Crippen molar-refractivity contribution < 1.29 is 31.5 Å². The Labute approximate surface area is 194 Å². The number of amides is 2. The Balaban J connectivity index is 1.62. The van der Waals surface area contributed by atoms with Gasteiger partial charge in [-0.15, -0.1) is 0 Å². The number of carbonyl (C=O) groups excluding carboxylic acids is 1. The first-order valence-electron chi connectivity index (χ1n) is 10.2. The van der Waals surface area contributed by atoms with Gasteiger partial charge in [-0.2, -0.15) is 12.7 Å². The van der Waals surface area contributed by atoms with E-state index in [1.165, 1.54) is 45.6 Å². The second-order valence-electron chi connectivity index (χ2n) is 7.79. The van der Waals surface area contributed by atoms with Gasteiger partial charge < -0.3 is 19.7 Å². The molecule has 0 fully saturated rings. The van der Waals surface area contributed by atoms with Gasteiger partial charge in [0.25, 0.3) is 0 Å². The number of pyridine rings is 1. The fourth-order valence-corrected chi connectivity index (χ4v) is 4.71. The Kier molecular flexibility index (Phi) is 6.08. The Bertz CT molecular complexity index is 1360. The summed E-state index contributed by atoms with van der Waals surface area (Å²) in [6, 6.07) is 2.20. The van der Waals surface area contributed by atoms with Crippen molar-refractivity contribution in [3.05, 3.63) is 47.3 Å². The van der Waals surface area contributed by atoms with Gasteiger partial charge in [-0.3, -0.25) is 0 Å². The van der Waals surface area contributed by atoms with Gasteiger partial charge in [0.15, 0.2) is 28.8 Å². The number of halogens is 2. The summed E-state index contributed by atoms with van der Waals surface area (Å²) in [5.41, 5.74) is 0.999. The average molecular weight is 496 g/mol. The Hall–Kier alpha value is -3.45. The highest BCUT2D eigenvalue weighted by atomic mass is 32.2. The number of urea groups is 1. The van der Waals surface area contributed by atoms with Gasteiger partial charge in [0.05, 0.1) is 26.5 Å². The van der Waals surface area contributed by atoms with Crippen LogP contribution in [0.5, 0.6) is 11.5 Å². The van der Waals surface area contributed by atoms with Gasteiger partial charge in [-0.05, 0) is 12.5 Å². The molecule has 182 valence electrons. The van der Waals surface area contributed by atoms with Crippen LogP contribution < -0.4 is 14.8 Å². The average Bonchev–Trinajstić information content (AvgIpc) is 3.25. The molecule has 0 atom stereocenters. The Morgan fingerprint density at radius 3 is 2.41 bits per heavy atom. The number of anilines is 1. The number of nitrogens with zero attached hydrogens (tertiary/aromatic N) is 4. The van der Waals surface area contributed by atoms with E-state index in [9.17, 15) is 22.0 Å². The number of fused-ring (bicyclic) bond motifs is 3. The third-order valence-electron chi connectivity index (χ3n) is 5.65. The molecule has 0 bridgehead atoms. The molecule has 1 N–H and O–H groups in total. The monoisotopic (exact) mass is 495 g/mol. The van der Waals surface area contributed by atoms with Crippen LogP contribution in [-0.4, -0.2) is 67.5 Å². The second-order valence-corrected chi connectivity index (χ2v) is 9.81. The van der Waals surface area contributed by atoms with Crippen LogP contribution in [0.3, 0.4) is 0 Å². The fraction of sp³-hybridized carbons (Fsp3) is 0.333. The van der Waals surface area contributed by atoms with E-state index < -0.39 is 27.9 Å². The van der Waals surface area contributed by atoms with Gasteiger partial charge in [0.2, 0.25) is 0 Å². The molecule has 0 spiro atoms. The van der Waals surface area contributed by atoms with E-state index in [0.717, 1.165) is 14.3 Å². The number of nitrogens with one attached hydrogen (secondary N) is 1. The van der Waals surface area contributed by atoms with Crippen LogP contribution in [0.25, 0.3) is 11.0 Å². The van der Waals surface area contributed by atoms with Crippen molar-refractivity contribution in [1.82, 2.24) is 18.2 Å². The minimum atomic E-state index is -3.80. The summed E-state index contributed by atoms with van der Waals surface area (Å²) in [5.74, 6) is -2.04. The molecule has 0 saturated heterocycles. The lowest BCUT2D eigenvalue weighted by atomic mass is 10.1. The maximum Gasteiger partial charge on any atom is 0.322 e. The van der Waals surface area contributed by atoms with Gasteiger partial charge in [-0.1, -0.05) is 0 Å². The molecular formula is C21H23F2N5O5S. The van der Waals surface area contributed by atoms with Crippen molar-refractivity contribution in [3.63, 3.8) is 0 Å². The quantitative estimate of drug-likeness (QED) is 0.540. The van der Waals surface area contributed by atoms with Gasteiger partial charge >= 0.3 is 16.2 Å². The topological polar surface area (TPSA) is 106 Å². The SMILES string of the molecule is COc1cc(OC)c(F)c(CCN2Cc3cnc4c(ccn4S(=O)(=O)N(C)C)c3NC2=O)c1F. The van der Waals surface area contributed by atoms with E-state index in [1.54, 1.807) is 6.07 Å². The molecule has 1 aromatic carbocycles. The summed E-state index contributed by atoms with van der Waals surface area (Å²) in [4.78, 5) is 18.4. The number of ether oxygens (including phenoxy) is 2. The largest absolute Gasteiger partial charge is 0.494 e. The first-order valence-corrected chi connectivity index (χ1v) is 11.6. The van der Waals surface area contributed by atoms with Crippen molar-refractivity contribution in [2.24, 2.45) is 0 Å². The summed E-state index contributed by atoms with van der Waals surface area (Å²) >= 11 is 0. The second kappa shape index (κ2) is 8.72. The van der Waals surface area contributed by atoms with E-state index in [0.29, 0.717) is 16.6 Å². The van der Waals surface area contributed by atoms with Crippen molar-refractivity contribution in [3.8, 4) is 11.5 Å². The molecule has 1 aliphatic rings. The summed E-state index contributed by atoms with van der Waals surface area (Å²) in [6.45, 7) is 0.129. The van der Waals surface area contributed by atoms with Crippen LogP contribution in [0.2, 0.25) is 0 Å². The molecule has 13 heteroatoms. The van der Waals surface area contributed by atoms with Crippen molar-refractivity contribution in [1.29, 1.82) is 0 Å². The standard InChI is InChI=1S/C21H23F2N5O5S/c1-26(2)34(30,31)28-8-6-14-19-12(10-24-20(14)28)11-27(21(29)25-19)7-5-13-17(22)15(32-3)9-16(33-4)18(13)23/h6,8-10H,5,7,11H2,1-4H3,(H,25,29). The third-order valence-corrected chi connectivity index (χ3v) is 7.36. The smallest absolute Gasteiger partial charge is 0.322 e. The molecule has 2 amide bonds. The van der Waals surface area contributed by atoms with E-state index >= 15 is 0 Å². The minimum absolute atomic E-state index is 0.00347. The van der Waals surface area contributed by atoms with Crippen LogP contribution in [0.1, 0.15) is 11.1 Å². The van der Waals surface area contributed by atoms with E-state index in [2.05, 4.69) is 10.3 Å². The molecule has 2 aromatic heterocycles. The summed E-state index contributed by atoms with van der Waals surface area (Å²) in [6.07, 6.45) is 2.72. The number of benzene rings is 1. The van der Waals surface area contributed by atoms with E-state index in [-0.39, 0.29) is 42.2 Å². The number of hydrogen-bond donors (Lipinski definition) is 1. The highest BCUT2D eigenvalue weighted by Gasteiger charge is 2.28. The molecule has 3 aromatic rings. The zero-order valence-corrected chi connectivity index (χ0v) is 19.7. The van der Waals surface area contributed by atoms with Crippen molar-refractivity contribution in [2.45, 2.75) is 13.0 Å². The van der Waals surface area contributed by atoms with E-state index in [1.807, 2.05) is 0 Å². The molecule has 34 heavy (non-hydrogen) atoms. The molecule has 1 aliphatic heterocycles. The fourth-order valence-electron chi connectivity index (χ4n) is 3.78. The van der Waals surface area contributed by atoms with E-state index in [4.69, 9.17) is 9.47 Å². The number of carbonyl (C=O) groups is 1. The van der Waals surface area contributed by atoms with Crippen LogP contribution >= 0.6 is 0 Å². The maximum absolute atomic E-state index is 14.7. The van der Waals surface area contributed by atoms with Crippen molar-refractivity contribution >= 4 is 33.0 Å². The van der Waals surface area contributed by atoms with Crippen LogP contribution in [0.15, 0.2) is 24.5 Å². The van der Waals surface area contributed by atoms with Crippen LogP contribution in [0, 0.1) is 11.6 Å². The Morgan fingerprint density at radius 1 is 1.18 bits per heavy atom. The molecule has 0 saturated carbocycles. The lowest BCUT2D eigenvalue weighted by Crippen LogP contribution is -2.40. The molecule has 0 radical (unpaired) electrons. The molecule has 3 heterocycles. The molecule has 4 rings (SSSR count). The molecular weight excluding hydrogens is 472 g/mol. The zero-order chi connectivity index (χ0) is 24.8. The van der Waals surface area contributed by atoms with Crippen molar-refractivity contribution in [2.75, 3.05) is 40.2 Å². The highest BCUT2D eigenvalue weighted by Crippen LogP contribution is 2.34. The lowest BCUT2D eigenvalue weighted by Gasteiger charge is -2.29. The number of hydrogen-bond acceptors (Lipinski definition) is 6. The predicted octanol–water partition coefficient (Wildman–Crippen LogP) is 2.58. The van der Waals surface area contributed by atoms with Crippen LogP contribution in [-0.2, 0) is 23.2 Å². The van der Waals surface area contributed by atoms with Gasteiger partial charge in [0.1, 0.15) is 0 Å². The maximum atomic E-state index is 14.7. The number of methoxy groups -OCH3 is 2. The lowest BCUT2D eigenvalue weighted by molar-refractivity contribution is 0.207. The molecule has 0 unspecified atom stereocenters. The summed E-state index contributed by atoms with van der Waals surface area (Å²) in [7, 11) is 1.54. The zero-order valence-electron chi connectivity index (χ0n) is 18.9. The first kappa shape index (κ1) is 23.7. The van der Waals surface area contributed by atoms with Crippen LogP contribution in [0.4, 0.5) is 19.3 Å². The summed E-state index contributed by atoms with van der Waals surface area (Å²) in [5, 5.41) is 3.21. The first-order chi connectivity index (χ1) is 16.1. The van der Waals surface area contributed by atoms with Gasteiger partial charge in [0, 0.05) is 55.6 Å². The third kappa shape index (κ3) is 3.80. The molecule has 0 aliphatic carbocycles. The number of rotatable bonds is 7. The highest BCUT2D eigenvalue weighted by molar-refractivity contribution is 7.87. The van der Waals surface area contributed by atoms with Gasteiger partial charge in [-0.25, -0.2) is 22.5 Å². The summed E-state index contributed by atoms with van der Waals surface area (Å²) < 4.78 is 66.4. The minimum Gasteiger partial charge on any atom is -0.494 e.